The van der Waals surface area contributed by atoms with Gasteiger partial charge in [-0.3, -0.25) is 9.59 Å². The fourth-order valence-corrected chi connectivity index (χ4v) is 2.77. The highest BCUT2D eigenvalue weighted by Crippen LogP contribution is 2.48. The number of aliphatic carboxylic acids is 1. The minimum absolute atomic E-state index is 0.310. The Morgan fingerprint density at radius 1 is 1.16 bits per heavy atom. The van der Waals surface area contributed by atoms with Gasteiger partial charge in [0, 0.05) is 12.7 Å². The van der Waals surface area contributed by atoms with Crippen molar-refractivity contribution in [1.82, 2.24) is 0 Å². The summed E-state index contributed by atoms with van der Waals surface area (Å²) in [4.78, 5) is 25.1. The minimum Gasteiger partial charge on any atom is -0.480 e. The minimum atomic E-state index is -1.18. The Morgan fingerprint density at radius 3 is 2.00 bits per heavy atom. The number of benzene rings is 1. The second-order valence-electron chi connectivity index (χ2n) is 5.50. The Morgan fingerprint density at radius 2 is 1.63 bits per heavy atom. The van der Waals surface area contributed by atoms with Gasteiger partial charge in [0.1, 0.15) is 5.41 Å². The highest BCUT2D eigenvalue weighted by atomic mass is 16.4. The molecule has 4 nitrogen and oxygen atoms in total. The number of hydrogen-bond acceptors (Lipinski definition) is 2. The number of carboxylic acids is 1. The van der Waals surface area contributed by atoms with Crippen LogP contribution in [0.2, 0.25) is 0 Å². The van der Waals surface area contributed by atoms with Crippen molar-refractivity contribution in [2.45, 2.75) is 33.6 Å². The van der Waals surface area contributed by atoms with Gasteiger partial charge in [0.15, 0.2) is 0 Å². The molecule has 1 aromatic rings. The zero-order chi connectivity index (χ0) is 14.4. The van der Waals surface area contributed by atoms with Crippen molar-refractivity contribution in [3.63, 3.8) is 0 Å². The van der Waals surface area contributed by atoms with Crippen LogP contribution in [0, 0.1) is 26.2 Å². The zero-order valence-corrected chi connectivity index (χ0v) is 11.8. The van der Waals surface area contributed by atoms with Gasteiger partial charge in [0.05, 0.1) is 0 Å². The summed E-state index contributed by atoms with van der Waals surface area (Å²) in [6.07, 6.45) is 0.880. The number of rotatable bonds is 3. The van der Waals surface area contributed by atoms with Crippen LogP contribution >= 0.6 is 0 Å². The fourth-order valence-electron chi connectivity index (χ4n) is 2.77. The topological polar surface area (TPSA) is 57.6 Å². The Labute approximate surface area is 113 Å². The lowest BCUT2D eigenvalue weighted by Crippen LogP contribution is -2.39. The first-order valence-corrected chi connectivity index (χ1v) is 6.39. The van der Waals surface area contributed by atoms with Crippen molar-refractivity contribution < 1.29 is 14.7 Å². The third-order valence-electron chi connectivity index (χ3n) is 3.84. The molecule has 1 N–H and O–H groups in total. The smallest absolute Gasteiger partial charge is 0.319 e. The second-order valence-corrected chi connectivity index (χ2v) is 5.50. The number of carboxylic acid groups (broad SMARTS) is 1. The maximum absolute atomic E-state index is 12.4. The van der Waals surface area contributed by atoms with E-state index in [0.717, 1.165) is 22.4 Å². The van der Waals surface area contributed by atoms with Crippen LogP contribution in [0.3, 0.4) is 0 Å². The van der Waals surface area contributed by atoms with Crippen molar-refractivity contribution in [3.8, 4) is 0 Å². The van der Waals surface area contributed by atoms with E-state index >= 15 is 0 Å². The van der Waals surface area contributed by atoms with Crippen molar-refractivity contribution in [3.05, 3.63) is 28.8 Å². The number of hydrogen-bond donors (Lipinski definition) is 1. The zero-order valence-electron chi connectivity index (χ0n) is 11.8. The lowest BCUT2D eigenvalue weighted by atomic mass is 10.0. The molecule has 0 saturated heterocycles. The number of amides is 1. The van der Waals surface area contributed by atoms with Crippen LogP contribution in [0.1, 0.15) is 29.5 Å². The normalized spacial score (nSPS) is 16.0. The van der Waals surface area contributed by atoms with Crippen LogP contribution < -0.4 is 4.90 Å². The summed E-state index contributed by atoms with van der Waals surface area (Å²) < 4.78 is 0. The molecule has 0 heterocycles. The van der Waals surface area contributed by atoms with Gasteiger partial charge in [-0.2, -0.15) is 0 Å². The number of anilines is 1. The SMILES string of the molecule is Cc1cc(C)c(N(C)C(=O)C2(C(=O)O)CC2)c(C)c1. The molecule has 1 aliphatic rings. The van der Waals surface area contributed by atoms with Crippen LogP contribution in [-0.4, -0.2) is 24.0 Å². The molecule has 4 heteroatoms. The van der Waals surface area contributed by atoms with E-state index < -0.39 is 11.4 Å². The molecule has 0 unspecified atom stereocenters. The third kappa shape index (κ3) is 2.11. The summed E-state index contributed by atoms with van der Waals surface area (Å²) in [6, 6.07) is 4.01. The molecule has 19 heavy (non-hydrogen) atoms. The van der Waals surface area contributed by atoms with E-state index in [4.69, 9.17) is 0 Å². The molecule has 0 spiro atoms. The van der Waals surface area contributed by atoms with Crippen molar-refractivity contribution in [2.24, 2.45) is 5.41 Å². The first kappa shape index (κ1) is 13.6. The second kappa shape index (κ2) is 4.37. The Balaban J connectivity index is 2.38. The summed E-state index contributed by atoms with van der Waals surface area (Å²) in [5, 5.41) is 9.21. The summed E-state index contributed by atoms with van der Waals surface area (Å²) in [5.74, 6) is -1.32. The lowest BCUT2D eigenvalue weighted by molar-refractivity contribution is -0.148. The first-order chi connectivity index (χ1) is 8.79. The predicted molar refractivity (Wildman–Crippen MR) is 73.4 cm³/mol. The molecule has 0 aromatic heterocycles. The molecule has 0 bridgehead atoms. The maximum Gasteiger partial charge on any atom is 0.319 e. The summed E-state index contributed by atoms with van der Waals surface area (Å²) in [5.41, 5.74) is 2.77. The van der Waals surface area contributed by atoms with Gasteiger partial charge in [-0.15, -0.1) is 0 Å². The van der Waals surface area contributed by atoms with Crippen molar-refractivity contribution >= 4 is 17.6 Å². The Kier molecular flexibility index (Phi) is 3.12. The number of nitrogens with zero attached hydrogens (tertiary/aromatic N) is 1. The van der Waals surface area contributed by atoms with Gasteiger partial charge in [0.2, 0.25) is 5.91 Å². The Bertz CT molecular complexity index is 536. The van der Waals surface area contributed by atoms with Gasteiger partial charge in [-0.25, -0.2) is 0 Å². The Hall–Kier alpha value is -1.84. The first-order valence-electron chi connectivity index (χ1n) is 6.39. The van der Waals surface area contributed by atoms with Crippen LogP contribution in [0.5, 0.6) is 0 Å². The standard InChI is InChI=1S/C15H19NO3/c1-9-7-10(2)12(11(3)8-9)16(4)13(17)15(5-6-15)14(18)19/h7-8H,5-6H2,1-4H3,(H,18,19). The van der Waals surface area contributed by atoms with Gasteiger partial charge in [-0.05, 0) is 44.7 Å². The maximum atomic E-state index is 12.4. The van der Waals surface area contributed by atoms with E-state index in [1.807, 2.05) is 32.9 Å². The van der Waals surface area contributed by atoms with E-state index in [-0.39, 0.29) is 5.91 Å². The molecule has 0 aliphatic heterocycles. The summed E-state index contributed by atoms with van der Waals surface area (Å²) in [6.45, 7) is 5.89. The average Bonchev–Trinajstić information content (AvgIpc) is 3.07. The van der Waals surface area contributed by atoms with E-state index in [1.165, 1.54) is 4.90 Å². The molecule has 1 saturated carbocycles. The van der Waals surface area contributed by atoms with Gasteiger partial charge < -0.3 is 10.0 Å². The van der Waals surface area contributed by atoms with Gasteiger partial charge in [-0.1, -0.05) is 17.7 Å². The monoisotopic (exact) mass is 261 g/mol. The fraction of sp³-hybridized carbons (Fsp3) is 0.467. The molecule has 1 fully saturated rings. The molecule has 0 atom stereocenters. The van der Waals surface area contributed by atoms with Crippen molar-refractivity contribution in [1.29, 1.82) is 0 Å². The van der Waals surface area contributed by atoms with E-state index in [0.29, 0.717) is 12.8 Å². The van der Waals surface area contributed by atoms with Crippen molar-refractivity contribution in [2.75, 3.05) is 11.9 Å². The third-order valence-corrected chi connectivity index (χ3v) is 3.84. The predicted octanol–water partition coefficient (Wildman–Crippen LogP) is 2.44. The largest absolute Gasteiger partial charge is 0.480 e. The van der Waals surface area contributed by atoms with Crippen LogP contribution in [0.25, 0.3) is 0 Å². The molecular formula is C15H19NO3. The lowest BCUT2D eigenvalue weighted by Gasteiger charge is -2.25. The molecule has 102 valence electrons. The molecule has 1 aromatic carbocycles. The van der Waals surface area contributed by atoms with E-state index in [9.17, 15) is 14.7 Å². The summed E-state index contributed by atoms with van der Waals surface area (Å²) in [7, 11) is 1.66. The molecule has 1 aliphatic carbocycles. The highest BCUT2D eigenvalue weighted by molar-refractivity contribution is 6.12. The molecule has 1 amide bonds. The van der Waals surface area contributed by atoms with E-state index in [2.05, 4.69) is 0 Å². The molecular weight excluding hydrogens is 242 g/mol. The number of aryl methyl sites for hydroxylation is 3. The van der Waals surface area contributed by atoms with Gasteiger partial charge in [0.25, 0.3) is 0 Å². The molecule has 0 radical (unpaired) electrons. The number of carbonyl (C=O) groups excluding carboxylic acids is 1. The van der Waals surface area contributed by atoms with Crippen LogP contribution in [-0.2, 0) is 9.59 Å². The van der Waals surface area contributed by atoms with Crippen LogP contribution in [0.4, 0.5) is 5.69 Å². The number of carbonyl (C=O) groups is 2. The van der Waals surface area contributed by atoms with Gasteiger partial charge >= 0.3 is 5.97 Å². The van der Waals surface area contributed by atoms with Crippen LogP contribution in [0.15, 0.2) is 12.1 Å². The van der Waals surface area contributed by atoms with E-state index in [1.54, 1.807) is 7.05 Å². The summed E-state index contributed by atoms with van der Waals surface area (Å²) >= 11 is 0. The quantitative estimate of drug-likeness (QED) is 0.850. The average molecular weight is 261 g/mol. The molecule has 2 rings (SSSR count). The highest BCUT2D eigenvalue weighted by Gasteiger charge is 2.58.